The van der Waals surface area contributed by atoms with Crippen LogP contribution in [0.25, 0.3) is 11.0 Å². The molecule has 136 valence electrons. The molecule has 8 nitrogen and oxygen atoms in total. The molecule has 0 aliphatic rings. The first kappa shape index (κ1) is 17.8. The van der Waals surface area contributed by atoms with Crippen LogP contribution in [0.1, 0.15) is 16.1 Å². The Labute approximate surface area is 151 Å². The van der Waals surface area contributed by atoms with Gasteiger partial charge >= 0.3 is 0 Å². The van der Waals surface area contributed by atoms with Gasteiger partial charge in [0.2, 0.25) is 0 Å². The molecule has 3 aromatic rings. The molecule has 1 aromatic carbocycles. The Kier molecular flexibility index (Phi) is 4.85. The summed E-state index contributed by atoms with van der Waals surface area (Å²) in [5.41, 5.74) is 2.00. The molecule has 0 saturated heterocycles. The summed E-state index contributed by atoms with van der Waals surface area (Å²) in [6.45, 7) is 3.28. The standard InChI is InChI=1S/C18H22N6O2/c1-12-18(26)23(4)15-11-13(5-6-14(15)19-12)17(25)20-16-7-8-24(21-16)10-9-22(2)3/h5-8,11H,9-10H2,1-4H3,(H,20,21,25). The SMILES string of the molecule is Cc1nc2ccc(C(=O)Nc3ccn(CCN(C)C)n3)cc2n(C)c1=O. The van der Waals surface area contributed by atoms with E-state index in [9.17, 15) is 9.59 Å². The average molecular weight is 354 g/mol. The predicted molar refractivity (Wildman–Crippen MR) is 100 cm³/mol. The predicted octanol–water partition coefficient (Wildman–Crippen LogP) is 1.25. The van der Waals surface area contributed by atoms with E-state index >= 15 is 0 Å². The molecule has 0 spiro atoms. The molecular formula is C18H22N6O2. The minimum atomic E-state index is -0.280. The van der Waals surface area contributed by atoms with Gasteiger partial charge in [0.05, 0.1) is 17.6 Å². The molecule has 3 rings (SSSR count). The number of likely N-dealkylation sites (N-methyl/N-ethyl adjacent to an activating group) is 1. The first-order valence-electron chi connectivity index (χ1n) is 8.32. The molecule has 0 fully saturated rings. The van der Waals surface area contributed by atoms with E-state index in [1.165, 1.54) is 4.57 Å². The van der Waals surface area contributed by atoms with Crippen molar-refractivity contribution in [1.29, 1.82) is 0 Å². The molecular weight excluding hydrogens is 332 g/mol. The molecule has 0 unspecified atom stereocenters. The third kappa shape index (κ3) is 3.65. The van der Waals surface area contributed by atoms with E-state index in [0.717, 1.165) is 13.1 Å². The molecule has 0 bridgehead atoms. The fourth-order valence-electron chi connectivity index (χ4n) is 2.65. The van der Waals surface area contributed by atoms with Crippen LogP contribution >= 0.6 is 0 Å². The van der Waals surface area contributed by atoms with E-state index in [1.807, 2.05) is 20.3 Å². The summed E-state index contributed by atoms with van der Waals surface area (Å²) in [5.74, 6) is 0.211. The third-order valence-corrected chi connectivity index (χ3v) is 4.16. The Bertz CT molecular complexity index is 1020. The van der Waals surface area contributed by atoms with Gasteiger partial charge in [0.1, 0.15) is 5.69 Å². The van der Waals surface area contributed by atoms with Crippen molar-refractivity contribution in [3.05, 3.63) is 52.1 Å². The van der Waals surface area contributed by atoms with Crippen LogP contribution in [-0.2, 0) is 13.6 Å². The van der Waals surface area contributed by atoms with Crippen LogP contribution in [-0.4, -0.2) is 50.8 Å². The molecule has 8 heteroatoms. The maximum Gasteiger partial charge on any atom is 0.272 e. The summed E-state index contributed by atoms with van der Waals surface area (Å²) in [5, 5.41) is 7.13. The van der Waals surface area contributed by atoms with E-state index in [2.05, 4.69) is 20.3 Å². The lowest BCUT2D eigenvalue weighted by molar-refractivity contribution is 0.102. The van der Waals surface area contributed by atoms with Gasteiger partial charge in [-0.1, -0.05) is 0 Å². The van der Waals surface area contributed by atoms with Gasteiger partial charge in [-0.3, -0.25) is 14.3 Å². The Morgan fingerprint density at radius 1 is 1.27 bits per heavy atom. The zero-order chi connectivity index (χ0) is 18.8. The highest BCUT2D eigenvalue weighted by molar-refractivity contribution is 6.05. The molecule has 0 aliphatic carbocycles. The van der Waals surface area contributed by atoms with Crippen LogP contribution in [0, 0.1) is 6.92 Å². The van der Waals surface area contributed by atoms with Gasteiger partial charge < -0.3 is 14.8 Å². The topological polar surface area (TPSA) is 85.1 Å². The van der Waals surface area contributed by atoms with Crippen molar-refractivity contribution in [1.82, 2.24) is 24.2 Å². The van der Waals surface area contributed by atoms with Crippen LogP contribution in [0.3, 0.4) is 0 Å². The van der Waals surface area contributed by atoms with E-state index in [0.29, 0.717) is 28.1 Å². The quantitative estimate of drug-likeness (QED) is 0.745. The van der Waals surface area contributed by atoms with E-state index in [4.69, 9.17) is 0 Å². The van der Waals surface area contributed by atoms with Gasteiger partial charge in [0, 0.05) is 31.4 Å². The molecule has 0 atom stereocenters. The van der Waals surface area contributed by atoms with Gasteiger partial charge in [-0.05, 0) is 39.2 Å². The number of amides is 1. The molecule has 2 aromatic heterocycles. The van der Waals surface area contributed by atoms with Crippen molar-refractivity contribution in [3.63, 3.8) is 0 Å². The highest BCUT2D eigenvalue weighted by Crippen LogP contribution is 2.14. The maximum absolute atomic E-state index is 12.5. The number of carbonyl (C=O) groups is 1. The van der Waals surface area contributed by atoms with Crippen LogP contribution in [0.5, 0.6) is 0 Å². The third-order valence-electron chi connectivity index (χ3n) is 4.16. The lowest BCUT2D eigenvalue weighted by atomic mass is 10.1. The highest BCUT2D eigenvalue weighted by atomic mass is 16.1. The van der Waals surface area contributed by atoms with Crippen molar-refractivity contribution in [2.45, 2.75) is 13.5 Å². The van der Waals surface area contributed by atoms with Crippen molar-refractivity contribution < 1.29 is 4.79 Å². The van der Waals surface area contributed by atoms with Crippen molar-refractivity contribution in [3.8, 4) is 0 Å². The Hall–Kier alpha value is -3.00. The van der Waals surface area contributed by atoms with Crippen LogP contribution in [0.15, 0.2) is 35.3 Å². The van der Waals surface area contributed by atoms with Crippen LogP contribution < -0.4 is 10.9 Å². The van der Waals surface area contributed by atoms with Crippen LogP contribution in [0.2, 0.25) is 0 Å². The van der Waals surface area contributed by atoms with Crippen molar-refractivity contribution >= 4 is 22.8 Å². The largest absolute Gasteiger partial charge is 0.308 e. The minimum absolute atomic E-state index is 0.172. The molecule has 0 aliphatic heterocycles. The Morgan fingerprint density at radius 3 is 2.77 bits per heavy atom. The summed E-state index contributed by atoms with van der Waals surface area (Å²) in [4.78, 5) is 30.9. The van der Waals surface area contributed by atoms with Gasteiger partial charge in [0.15, 0.2) is 5.82 Å². The number of hydrogen-bond donors (Lipinski definition) is 1. The van der Waals surface area contributed by atoms with Crippen molar-refractivity contribution in [2.75, 3.05) is 26.0 Å². The zero-order valence-electron chi connectivity index (χ0n) is 15.4. The summed E-state index contributed by atoms with van der Waals surface area (Å²) in [6, 6.07) is 6.86. The van der Waals surface area contributed by atoms with Gasteiger partial charge in [-0.2, -0.15) is 5.10 Å². The molecule has 1 amide bonds. The second-order valence-corrected chi connectivity index (χ2v) is 6.49. The monoisotopic (exact) mass is 354 g/mol. The first-order valence-corrected chi connectivity index (χ1v) is 8.32. The van der Waals surface area contributed by atoms with E-state index in [-0.39, 0.29) is 11.5 Å². The molecule has 26 heavy (non-hydrogen) atoms. The van der Waals surface area contributed by atoms with Crippen LogP contribution in [0.4, 0.5) is 5.82 Å². The summed E-state index contributed by atoms with van der Waals surface area (Å²) in [7, 11) is 5.67. The Balaban J connectivity index is 1.81. The summed E-state index contributed by atoms with van der Waals surface area (Å²) in [6.07, 6.45) is 1.83. The number of fused-ring (bicyclic) bond motifs is 1. The van der Waals surface area contributed by atoms with Gasteiger partial charge in [0.25, 0.3) is 11.5 Å². The number of hydrogen-bond acceptors (Lipinski definition) is 5. The van der Waals surface area contributed by atoms with E-state index < -0.39 is 0 Å². The highest BCUT2D eigenvalue weighted by Gasteiger charge is 2.12. The van der Waals surface area contributed by atoms with Crippen molar-refractivity contribution in [2.24, 2.45) is 7.05 Å². The number of nitrogens with zero attached hydrogens (tertiary/aromatic N) is 5. The number of rotatable bonds is 5. The second-order valence-electron chi connectivity index (χ2n) is 6.49. The van der Waals surface area contributed by atoms with E-state index in [1.54, 1.807) is 42.9 Å². The molecule has 1 N–H and O–H groups in total. The van der Waals surface area contributed by atoms with Gasteiger partial charge in [-0.15, -0.1) is 0 Å². The lowest BCUT2D eigenvalue weighted by Crippen LogP contribution is -2.21. The summed E-state index contributed by atoms with van der Waals surface area (Å²) < 4.78 is 3.29. The number of anilines is 1. The molecule has 0 saturated carbocycles. The zero-order valence-corrected chi connectivity index (χ0v) is 15.4. The molecule has 0 radical (unpaired) electrons. The lowest BCUT2D eigenvalue weighted by Gasteiger charge is -2.09. The smallest absolute Gasteiger partial charge is 0.272 e. The maximum atomic E-state index is 12.5. The number of aromatic nitrogens is 4. The number of nitrogens with one attached hydrogen (secondary N) is 1. The number of aryl methyl sites for hydroxylation is 2. The fraction of sp³-hybridized carbons (Fsp3) is 0.333. The number of carbonyl (C=O) groups excluding carboxylic acids is 1. The van der Waals surface area contributed by atoms with Gasteiger partial charge in [-0.25, -0.2) is 4.98 Å². The minimum Gasteiger partial charge on any atom is -0.308 e. The second kappa shape index (κ2) is 7.09. The number of benzene rings is 1. The molecule has 2 heterocycles. The fourth-order valence-corrected chi connectivity index (χ4v) is 2.65. The summed E-state index contributed by atoms with van der Waals surface area (Å²) >= 11 is 0. The normalized spacial score (nSPS) is 11.3. The average Bonchev–Trinajstić information content (AvgIpc) is 3.05. The first-order chi connectivity index (χ1) is 12.3. The Morgan fingerprint density at radius 2 is 2.04 bits per heavy atom.